The van der Waals surface area contributed by atoms with Crippen molar-refractivity contribution in [3.63, 3.8) is 0 Å². The van der Waals surface area contributed by atoms with Gasteiger partial charge < -0.3 is 19.9 Å². The molecule has 1 aromatic rings. The topological polar surface area (TPSA) is 61.9 Å². The molecule has 1 N–H and O–H groups in total. The average molecular weight is 380 g/mol. The van der Waals surface area contributed by atoms with Crippen molar-refractivity contribution in [2.24, 2.45) is 0 Å². The van der Waals surface area contributed by atoms with Crippen LogP contribution >= 0.6 is 11.6 Å². The minimum absolute atomic E-state index is 0.00783. The van der Waals surface area contributed by atoms with E-state index >= 15 is 0 Å². The molecule has 2 heterocycles. The van der Waals surface area contributed by atoms with Gasteiger partial charge in [-0.2, -0.15) is 0 Å². The first-order valence-electron chi connectivity index (χ1n) is 9.20. The summed E-state index contributed by atoms with van der Waals surface area (Å²) in [7, 11) is 0. The molecule has 2 aliphatic heterocycles. The molecule has 0 spiro atoms. The summed E-state index contributed by atoms with van der Waals surface area (Å²) in [5.74, 6) is -0.0192. The summed E-state index contributed by atoms with van der Waals surface area (Å²) in [6.45, 7) is 6.78. The van der Waals surface area contributed by atoms with E-state index in [1.165, 1.54) is 0 Å². The second-order valence-corrected chi connectivity index (χ2v) is 7.54. The van der Waals surface area contributed by atoms with E-state index < -0.39 is 0 Å². The molecule has 2 saturated heterocycles. The van der Waals surface area contributed by atoms with Gasteiger partial charge in [-0.3, -0.25) is 9.59 Å². The quantitative estimate of drug-likeness (QED) is 0.873. The fraction of sp³-hybridized carbons (Fsp3) is 0.579. The molecule has 2 aliphatic rings. The molecule has 2 atom stereocenters. The maximum absolute atomic E-state index is 12.7. The lowest BCUT2D eigenvalue weighted by Gasteiger charge is -2.35. The Balaban J connectivity index is 1.68. The third-order valence-corrected chi connectivity index (χ3v) is 5.04. The van der Waals surface area contributed by atoms with Gasteiger partial charge in [0.25, 0.3) is 5.91 Å². The lowest BCUT2D eigenvalue weighted by Crippen LogP contribution is -2.49. The van der Waals surface area contributed by atoms with Crippen molar-refractivity contribution in [2.75, 3.05) is 38.0 Å². The number of benzene rings is 1. The van der Waals surface area contributed by atoms with Crippen LogP contribution in [0.15, 0.2) is 18.2 Å². The van der Waals surface area contributed by atoms with Gasteiger partial charge in [-0.05, 0) is 44.9 Å². The summed E-state index contributed by atoms with van der Waals surface area (Å²) in [5, 5.41) is 3.66. The van der Waals surface area contributed by atoms with E-state index in [0.717, 1.165) is 25.9 Å². The Kier molecular flexibility index (Phi) is 6.04. The molecule has 142 valence electrons. The van der Waals surface area contributed by atoms with Crippen LogP contribution in [0.3, 0.4) is 0 Å². The fourth-order valence-electron chi connectivity index (χ4n) is 3.60. The Morgan fingerprint density at radius 1 is 1.15 bits per heavy atom. The first-order valence-corrected chi connectivity index (χ1v) is 9.58. The van der Waals surface area contributed by atoms with E-state index in [4.69, 9.17) is 16.3 Å². The zero-order valence-electron chi connectivity index (χ0n) is 15.3. The van der Waals surface area contributed by atoms with Crippen LogP contribution in [0.25, 0.3) is 0 Å². The van der Waals surface area contributed by atoms with Crippen LogP contribution in [-0.2, 0) is 9.53 Å². The molecule has 6 nitrogen and oxygen atoms in total. The largest absolute Gasteiger partial charge is 0.375 e. The number of morpholine rings is 1. The highest BCUT2D eigenvalue weighted by Crippen LogP contribution is 2.24. The molecule has 3 rings (SSSR count). The number of likely N-dealkylation sites (tertiary alicyclic amines) is 1. The minimum atomic E-state index is -0.0114. The molecule has 7 heteroatoms. The molecule has 26 heavy (non-hydrogen) atoms. The van der Waals surface area contributed by atoms with Gasteiger partial charge in [-0.1, -0.05) is 11.6 Å². The molecule has 0 saturated carbocycles. The summed E-state index contributed by atoms with van der Waals surface area (Å²) >= 11 is 6.11. The summed E-state index contributed by atoms with van der Waals surface area (Å²) in [5.41, 5.74) is 1.17. The molecule has 0 bridgehead atoms. The molecule has 2 amide bonds. The highest BCUT2D eigenvalue weighted by molar-refractivity contribution is 6.31. The Labute approximate surface area is 159 Å². The second kappa shape index (κ2) is 8.27. The average Bonchev–Trinajstić information content (AvgIpc) is 3.13. The Morgan fingerprint density at radius 3 is 2.46 bits per heavy atom. The van der Waals surface area contributed by atoms with Gasteiger partial charge in [-0.25, -0.2) is 0 Å². The fourth-order valence-corrected chi connectivity index (χ4v) is 3.78. The predicted molar refractivity (Wildman–Crippen MR) is 102 cm³/mol. The predicted octanol–water partition coefficient (Wildman–Crippen LogP) is 2.62. The maximum Gasteiger partial charge on any atom is 0.255 e. The van der Waals surface area contributed by atoms with Crippen LogP contribution in [-0.4, -0.2) is 66.5 Å². The summed E-state index contributed by atoms with van der Waals surface area (Å²) in [6.07, 6.45) is 2.13. The Hall–Kier alpha value is -1.79. The van der Waals surface area contributed by atoms with E-state index in [9.17, 15) is 9.59 Å². The molecule has 2 fully saturated rings. The minimum Gasteiger partial charge on any atom is -0.375 e. The molecule has 2 unspecified atom stereocenters. The lowest BCUT2D eigenvalue weighted by molar-refractivity contribution is -0.141. The zero-order valence-corrected chi connectivity index (χ0v) is 16.1. The summed E-state index contributed by atoms with van der Waals surface area (Å²) in [4.78, 5) is 29.0. The summed E-state index contributed by atoms with van der Waals surface area (Å²) < 4.78 is 5.67. The van der Waals surface area contributed by atoms with Gasteiger partial charge in [0, 0.05) is 36.9 Å². The van der Waals surface area contributed by atoms with E-state index in [1.54, 1.807) is 23.1 Å². The number of nitrogens with zero attached hydrogens (tertiary/aromatic N) is 2. The van der Waals surface area contributed by atoms with Gasteiger partial charge in [0.05, 0.1) is 24.3 Å². The first-order chi connectivity index (χ1) is 12.4. The number of halogens is 1. The van der Waals surface area contributed by atoms with Gasteiger partial charge in [-0.15, -0.1) is 0 Å². The van der Waals surface area contributed by atoms with E-state index in [-0.39, 0.29) is 30.6 Å². The first kappa shape index (κ1) is 19.0. The van der Waals surface area contributed by atoms with Crippen LogP contribution < -0.4 is 5.32 Å². The van der Waals surface area contributed by atoms with E-state index in [1.807, 2.05) is 18.7 Å². The van der Waals surface area contributed by atoms with Crippen molar-refractivity contribution < 1.29 is 14.3 Å². The number of rotatable bonds is 4. The number of hydrogen-bond donors (Lipinski definition) is 1. The molecule has 1 aromatic carbocycles. The third-order valence-electron chi connectivity index (χ3n) is 4.81. The number of ether oxygens (including phenoxy) is 1. The van der Waals surface area contributed by atoms with Crippen molar-refractivity contribution in [3.05, 3.63) is 28.8 Å². The van der Waals surface area contributed by atoms with E-state index in [0.29, 0.717) is 29.4 Å². The van der Waals surface area contributed by atoms with Crippen LogP contribution in [0, 0.1) is 0 Å². The third kappa shape index (κ3) is 4.48. The standard InChI is InChI=1S/C19H26ClN3O3/c1-13-11-23(12-14(2)26-13)18(24)10-21-17-9-15(20)5-6-16(17)19(25)22-7-3-4-8-22/h5-6,9,13-14,21H,3-4,7-8,10-12H2,1-2H3. The van der Waals surface area contributed by atoms with Crippen molar-refractivity contribution >= 4 is 29.1 Å². The van der Waals surface area contributed by atoms with Gasteiger partial charge >= 0.3 is 0 Å². The van der Waals surface area contributed by atoms with Gasteiger partial charge in [0.2, 0.25) is 5.91 Å². The van der Waals surface area contributed by atoms with Crippen molar-refractivity contribution in [2.45, 2.75) is 38.9 Å². The number of nitrogens with one attached hydrogen (secondary N) is 1. The molecular formula is C19H26ClN3O3. The second-order valence-electron chi connectivity index (χ2n) is 7.10. The zero-order chi connectivity index (χ0) is 18.7. The molecule has 0 radical (unpaired) electrons. The van der Waals surface area contributed by atoms with Gasteiger partial charge in [0.1, 0.15) is 0 Å². The smallest absolute Gasteiger partial charge is 0.255 e. The van der Waals surface area contributed by atoms with Crippen LogP contribution in [0.5, 0.6) is 0 Å². The molecule has 0 aromatic heterocycles. The van der Waals surface area contributed by atoms with E-state index in [2.05, 4.69) is 5.32 Å². The molecular weight excluding hydrogens is 354 g/mol. The number of carbonyl (C=O) groups excluding carboxylic acids is 2. The SMILES string of the molecule is CC1CN(C(=O)CNc2cc(Cl)ccc2C(=O)N2CCCC2)CC(C)O1. The van der Waals surface area contributed by atoms with Crippen LogP contribution in [0.4, 0.5) is 5.69 Å². The number of amides is 2. The number of carbonyl (C=O) groups is 2. The number of hydrogen-bond acceptors (Lipinski definition) is 4. The van der Waals surface area contributed by atoms with Crippen LogP contribution in [0.1, 0.15) is 37.0 Å². The highest BCUT2D eigenvalue weighted by Gasteiger charge is 2.26. The normalized spacial score (nSPS) is 23.2. The van der Waals surface area contributed by atoms with Crippen molar-refractivity contribution in [1.82, 2.24) is 9.80 Å². The van der Waals surface area contributed by atoms with Crippen molar-refractivity contribution in [3.8, 4) is 0 Å². The molecule has 0 aliphatic carbocycles. The summed E-state index contributed by atoms with van der Waals surface area (Å²) in [6, 6.07) is 5.15. The van der Waals surface area contributed by atoms with Crippen LogP contribution in [0.2, 0.25) is 5.02 Å². The Bertz CT molecular complexity index is 666. The maximum atomic E-state index is 12.7. The Morgan fingerprint density at radius 2 is 1.81 bits per heavy atom. The number of anilines is 1. The van der Waals surface area contributed by atoms with Gasteiger partial charge in [0.15, 0.2) is 0 Å². The highest BCUT2D eigenvalue weighted by atomic mass is 35.5. The lowest BCUT2D eigenvalue weighted by atomic mass is 10.1. The monoisotopic (exact) mass is 379 g/mol. The van der Waals surface area contributed by atoms with Crippen molar-refractivity contribution in [1.29, 1.82) is 0 Å².